The highest BCUT2D eigenvalue weighted by atomic mass is 15.1. The van der Waals surface area contributed by atoms with E-state index in [0.717, 1.165) is 0 Å². The van der Waals surface area contributed by atoms with Crippen molar-refractivity contribution in [1.29, 1.82) is 0 Å². The van der Waals surface area contributed by atoms with Crippen molar-refractivity contribution in [1.82, 2.24) is 4.57 Å². The summed E-state index contributed by atoms with van der Waals surface area (Å²) in [6, 6.07) is 0. The SMILES string of the molecule is CCCCCCCCCCCCCCCCCc1n(CCCCCCCCCCCCCCCCC)cc[n+]1C. The molecule has 1 rings (SSSR count). The molecule has 1 aromatic heterocycles. The summed E-state index contributed by atoms with van der Waals surface area (Å²) < 4.78 is 4.92. The lowest BCUT2D eigenvalue weighted by atomic mass is 10.0. The van der Waals surface area contributed by atoms with Crippen molar-refractivity contribution in [3.63, 3.8) is 0 Å². The lowest BCUT2D eigenvalue weighted by Crippen LogP contribution is -2.32. The van der Waals surface area contributed by atoms with E-state index in [9.17, 15) is 0 Å². The zero-order chi connectivity index (χ0) is 28.8. The summed E-state index contributed by atoms with van der Waals surface area (Å²) in [5, 5.41) is 0. The average Bonchev–Trinajstić information content (AvgIpc) is 3.31. The van der Waals surface area contributed by atoms with Gasteiger partial charge < -0.3 is 0 Å². The largest absolute Gasteiger partial charge is 0.256 e. The van der Waals surface area contributed by atoms with Crippen molar-refractivity contribution in [3.8, 4) is 0 Å². The summed E-state index contributed by atoms with van der Waals surface area (Å²) >= 11 is 0. The predicted molar refractivity (Wildman–Crippen MR) is 179 cm³/mol. The molecule has 1 heterocycles. The van der Waals surface area contributed by atoms with Crippen LogP contribution in [0, 0.1) is 0 Å². The van der Waals surface area contributed by atoms with Crippen LogP contribution in [0.15, 0.2) is 12.4 Å². The van der Waals surface area contributed by atoms with Gasteiger partial charge in [-0.05, 0) is 19.3 Å². The Morgan fingerprint density at radius 2 is 0.725 bits per heavy atom. The predicted octanol–water partition coefficient (Wildman–Crippen LogP) is 12.6. The number of aryl methyl sites for hydroxylation is 2. The van der Waals surface area contributed by atoms with E-state index in [-0.39, 0.29) is 0 Å². The van der Waals surface area contributed by atoms with Crippen molar-refractivity contribution in [2.24, 2.45) is 7.05 Å². The Hall–Kier alpha value is -0.790. The smallest absolute Gasteiger partial charge is 0.237 e. The monoisotopic (exact) mass is 560 g/mol. The first-order valence-corrected chi connectivity index (χ1v) is 18.8. The molecule has 2 nitrogen and oxygen atoms in total. The Labute approximate surface area is 253 Å². The summed E-state index contributed by atoms with van der Waals surface area (Å²) in [6.45, 7) is 5.83. The summed E-state index contributed by atoms with van der Waals surface area (Å²) in [6.07, 6.45) is 49.1. The fraction of sp³-hybridized carbons (Fsp3) is 0.921. The normalized spacial score (nSPS) is 11.6. The zero-order valence-electron chi connectivity index (χ0n) is 28.2. The van der Waals surface area contributed by atoms with Crippen molar-refractivity contribution >= 4 is 0 Å². The molecule has 2 heteroatoms. The Kier molecular flexibility index (Phi) is 27.6. The third-order valence-corrected chi connectivity index (χ3v) is 9.22. The van der Waals surface area contributed by atoms with Gasteiger partial charge in [-0.2, -0.15) is 0 Å². The van der Waals surface area contributed by atoms with Gasteiger partial charge in [0.25, 0.3) is 5.82 Å². The lowest BCUT2D eigenvalue weighted by Gasteiger charge is -2.05. The molecule has 0 fully saturated rings. The van der Waals surface area contributed by atoms with Crippen LogP contribution in [-0.4, -0.2) is 4.57 Å². The topological polar surface area (TPSA) is 8.81 Å². The van der Waals surface area contributed by atoms with Gasteiger partial charge in [-0.3, -0.25) is 0 Å². The lowest BCUT2D eigenvalue weighted by molar-refractivity contribution is -0.678. The molecule has 0 aliphatic carbocycles. The van der Waals surface area contributed by atoms with Crippen LogP contribution in [-0.2, 0) is 20.0 Å². The maximum atomic E-state index is 2.55. The van der Waals surface area contributed by atoms with E-state index < -0.39 is 0 Å². The molecule has 0 aromatic carbocycles. The molecule has 1 aromatic rings. The quantitative estimate of drug-likeness (QED) is 0.0613. The first kappa shape index (κ1) is 37.2. The highest BCUT2D eigenvalue weighted by Crippen LogP contribution is 2.16. The van der Waals surface area contributed by atoms with E-state index >= 15 is 0 Å². The van der Waals surface area contributed by atoms with Crippen molar-refractivity contribution in [3.05, 3.63) is 18.2 Å². The van der Waals surface area contributed by atoms with Crippen molar-refractivity contribution < 1.29 is 4.57 Å². The van der Waals surface area contributed by atoms with E-state index in [1.807, 2.05) is 0 Å². The van der Waals surface area contributed by atoms with Crippen LogP contribution in [0.1, 0.15) is 212 Å². The molecule has 0 radical (unpaired) electrons. The van der Waals surface area contributed by atoms with Crippen LogP contribution in [0.3, 0.4) is 0 Å². The van der Waals surface area contributed by atoms with E-state index in [1.165, 1.54) is 206 Å². The number of nitrogens with zero attached hydrogens (tertiary/aromatic N) is 2. The van der Waals surface area contributed by atoms with Gasteiger partial charge in [0.1, 0.15) is 12.4 Å². The Bertz CT molecular complexity index is 619. The van der Waals surface area contributed by atoms with Gasteiger partial charge in [0.2, 0.25) is 0 Å². The summed E-state index contributed by atoms with van der Waals surface area (Å²) in [5.41, 5.74) is 0. The minimum Gasteiger partial charge on any atom is -0.237 e. The average molecular weight is 560 g/mol. The molecule has 0 saturated carbocycles. The van der Waals surface area contributed by atoms with E-state index in [0.29, 0.717) is 0 Å². The molecule has 0 aliphatic heterocycles. The number of aromatic nitrogens is 2. The molecule has 0 spiro atoms. The van der Waals surface area contributed by atoms with E-state index in [2.05, 4.69) is 42.4 Å². The molecule has 0 saturated heterocycles. The molecule has 0 bridgehead atoms. The summed E-state index contributed by atoms with van der Waals surface area (Å²) in [5.74, 6) is 1.54. The highest BCUT2D eigenvalue weighted by molar-refractivity contribution is 4.84. The molecule has 0 aliphatic rings. The Morgan fingerprint density at radius 1 is 0.425 bits per heavy atom. The fourth-order valence-electron chi connectivity index (χ4n) is 6.39. The maximum Gasteiger partial charge on any atom is 0.256 e. The first-order valence-electron chi connectivity index (χ1n) is 18.8. The second-order valence-corrected chi connectivity index (χ2v) is 13.2. The molecule has 236 valence electrons. The fourth-order valence-corrected chi connectivity index (χ4v) is 6.39. The van der Waals surface area contributed by atoms with Gasteiger partial charge in [-0.25, -0.2) is 9.13 Å². The highest BCUT2D eigenvalue weighted by Gasteiger charge is 2.13. The number of unbranched alkanes of at least 4 members (excludes halogenated alkanes) is 28. The standard InChI is InChI=1S/C38H75N2/c1-4-6-8-10-12-14-16-18-20-22-24-26-28-30-32-34-38-39(3)36-37-40(38)35-33-31-29-27-25-23-21-19-17-15-13-11-9-7-5-2/h36-37H,4-35H2,1-3H3/q+1. The third-order valence-electron chi connectivity index (χ3n) is 9.22. The molecule has 0 amide bonds. The summed E-state index contributed by atoms with van der Waals surface area (Å²) in [4.78, 5) is 0. The minimum absolute atomic E-state index is 1.22. The second-order valence-electron chi connectivity index (χ2n) is 13.2. The summed E-state index contributed by atoms with van der Waals surface area (Å²) in [7, 11) is 2.24. The van der Waals surface area contributed by atoms with Gasteiger partial charge >= 0.3 is 0 Å². The second kappa shape index (κ2) is 29.7. The number of imidazole rings is 1. The maximum absolute atomic E-state index is 2.55. The van der Waals surface area contributed by atoms with Crippen molar-refractivity contribution in [2.75, 3.05) is 0 Å². The third kappa shape index (κ3) is 22.8. The van der Waals surface area contributed by atoms with Crippen LogP contribution in [0.5, 0.6) is 0 Å². The number of hydrogen-bond donors (Lipinski definition) is 0. The first-order chi connectivity index (χ1) is 19.8. The number of hydrogen-bond acceptors (Lipinski definition) is 0. The van der Waals surface area contributed by atoms with Crippen LogP contribution in [0.2, 0.25) is 0 Å². The van der Waals surface area contributed by atoms with Gasteiger partial charge in [-0.15, -0.1) is 0 Å². The van der Waals surface area contributed by atoms with Gasteiger partial charge in [0.15, 0.2) is 0 Å². The van der Waals surface area contributed by atoms with Crippen LogP contribution < -0.4 is 4.57 Å². The van der Waals surface area contributed by atoms with E-state index in [1.54, 1.807) is 5.82 Å². The van der Waals surface area contributed by atoms with Crippen LogP contribution in [0.4, 0.5) is 0 Å². The van der Waals surface area contributed by atoms with Gasteiger partial charge in [0, 0.05) is 6.42 Å². The van der Waals surface area contributed by atoms with Crippen LogP contribution >= 0.6 is 0 Å². The minimum atomic E-state index is 1.22. The Morgan fingerprint density at radius 3 is 1.07 bits per heavy atom. The molecule has 0 N–H and O–H groups in total. The Balaban J connectivity index is 1.90. The van der Waals surface area contributed by atoms with E-state index in [4.69, 9.17) is 0 Å². The molecule has 0 unspecified atom stereocenters. The zero-order valence-corrected chi connectivity index (χ0v) is 28.2. The van der Waals surface area contributed by atoms with Gasteiger partial charge in [-0.1, -0.05) is 187 Å². The molecule has 40 heavy (non-hydrogen) atoms. The van der Waals surface area contributed by atoms with Gasteiger partial charge in [0.05, 0.1) is 13.6 Å². The number of rotatable bonds is 32. The molecular weight excluding hydrogens is 484 g/mol. The molecule has 0 atom stereocenters. The molecular formula is C38H75N2+. The van der Waals surface area contributed by atoms with Crippen LogP contribution in [0.25, 0.3) is 0 Å². The van der Waals surface area contributed by atoms with Crippen molar-refractivity contribution in [2.45, 2.75) is 219 Å².